The van der Waals surface area contributed by atoms with Crippen molar-refractivity contribution in [1.82, 2.24) is 0 Å². The van der Waals surface area contributed by atoms with Gasteiger partial charge in [-0.25, -0.2) is 4.99 Å². The Kier molecular flexibility index (Phi) is 3.18. The zero-order valence-electron chi connectivity index (χ0n) is 11.4. The molecule has 1 aliphatic rings. The minimum absolute atomic E-state index is 0.163. The van der Waals surface area contributed by atoms with Crippen LogP contribution in [0.3, 0.4) is 0 Å². The Morgan fingerprint density at radius 1 is 1.28 bits per heavy atom. The second kappa shape index (κ2) is 4.38. The van der Waals surface area contributed by atoms with Crippen LogP contribution in [0.2, 0.25) is 0 Å². The van der Waals surface area contributed by atoms with Crippen LogP contribution in [0.1, 0.15) is 45.7 Å². The Labute approximate surface area is 108 Å². The Bertz CT molecular complexity index is 449. The van der Waals surface area contributed by atoms with E-state index in [1.807, 2.05) is 51.1 Å². The molecular formula is C15H20FNO. The molecule has 0 saturated heterocycles. The van der Waals surface area contributed by atoms with Gasteiger partial charge in [-0.05, 0) is 5.56 Å². The number of ether oxygens (including phenoxy) is 1. The Hall–Kier alpha value is -1.38. The van der Waals surface area contributed by atoms with Crippen LogP contribution in [0.4, 0.5) is 4.39 Å². The summed E-state index contributed by atoms with van der Waals surface area (Å²) in [6, 6.07) is 9.65. The molecule has 2 nitrogen and oxygen atoms in total. The standard InChI is InChI=1S/C15H20FNO/c1-11-17-13(12-8-6-5-7-9-12)10-15(16,18-11)14(2,3)4/h5-9,13H,10H2,1-4H3/t13-,15+/m1/s1. The zero-order chi connectivity index (χ0) is 13.4. The molecular weight excluding hydrogens is 229 g/mol. The first-order valence-corrected chi connectivity index (χ1v) is 6.29. The molecule has 1 aromatic carbocycles. The van der Waals surface area contributed by atoms with E-state index >= 15 is 0 Å². The van der Waals surface area contributed by atoms with Crippen LogP contribution in [-0.2, 0) is 4.74 Å². The largest absolute Gasteiger partial charge is 0.445 e. The average molecular weight is 249 g/mol. The second-order valence-electron chi connectivity index (χ2n) is 5.86. The number of alkyl halides is 1. The molecule has 0 unspecified atom stereocenters. The minimum atomic E-state index is -1.67. The Morgan fingerprint density at radius 2 is 1.89 bits per heavy atom. The highest BCUT2D eigenvalue weighted by Crippen LogP contribution is 2.45. The molecule has 0 saturated carbocycles. The lowest BCUT2D eigenvalue weighted by molar-refractivity contribution is -0.170. The smallest absolute Gasteiger partial charge is 0.256 e. The van der Waals surface area contributed by atoms with Gasteiger partial charge < -0.3 is 4.74 Å². The fraction of sp³-hybridized carbons (Fsp3) is 0.533. The number of nitrogens with zero attached hydrogens (tertiary/aromatic N) is 1. The van der Waals surface area contributed by atoms with Crippen LogP contribution >= 0.6 is 0 Å². The number of hydrogen-bond donors (Lipinski definition) is 0. The van der Waals surface area contributed by atoms with Crippen molar-refractivity contribution in [3.05, 3.63) is 35.9 Å². The number of rotatable bonds is 1. The minimum Gasteiger partial charge on any atom is -0.445 e. The molecule has 0 radical (unpaired) electrons. The molecule has 0 fully saturated rings. The quantitative estimate of drug-likeness (QED) is 0.728. The molecule has 0 aromatic heterocycles. The molecule has 2 rings (SSSR count). The number of hydrogen-bond acceptors (Lipinski definition) is 2. The van der Waals surface area contributed by atoms with Crippen molar-refractivity contribution in [2.75, 3.05) is 0 Å². The molecule has 0 N–H and O–H groups in total. The van der Waals surface area contributed by atoms with Crippen LogP contribution in [0.15, 0.2) is 35.3 Å². The highest BCUT2D eigenvalue weighted by atomic mass is 19.2. The zero-order valence-corrected chi connectivity index (χ0v) is 11.4. The van der Waals surface area contributed by atoms with Gasteiger partial charge in [-0.1, -0.05) is 51.1 Å². The van der Waals surface area contributed by atoms with Crippen molar-refractivity contribution >= 4 is 5.90 Å². The van der Waals surface area contributed by atoms with E-state index in [1.165, 1.54) is 0 Å². The number of halogens is 1. The van der Waals surface area contributed by atoms with Gasteiger partial charge in [-0.15, -0.1) is 0 Å². The van der Waals surface area contributed by atoms with Gasteiger partial charge >= 0.3 is 0 Å². The maximum Gasteiger partial charge on any atom is 0.256 e. The molecule has 3 heteroatoms. The monoisotopic (exact) mass is 249 g/mol. The normalized spacial score (nSPS) is 28.5. The topological polar surface area (TPSA) is 21.6 Å². The van der Waals surface area contributed by atoms with E-state index in [0.717, 1.165) is 5.56 Å². The molecule has 0 aliphatic carbocycles. The molecule has 0 bridgehead atoms. The van der Waals surface area contributed by atoms with Gasteiger partial charge in [0.2, 0.25) is 0 Å². The van der Waals surface area contributed by atoms with Crippen LogP contribution in [0.25, 0.3) is 0 Å². The summed E-state index contributed by atoms with van der Waals surface area (Å²) >= 11 is 0. The first-order valence-electron chi connectivity index (χ1n) is 6.29. The molecule has 18 heavy (non-hydrogen) atoms. The average Bonchev–Trinajstić information content (AvgIpc) is 2.27. The third kappa shape index (κ3) is 2.40. The Balaban J connectivity index is 2.33. The third-order valence-electron chi connectivity index (χ3n) is 3.41. The van der Waals surface area contributed by atoms with Crippen LogP contribution < -0.4 is 0 Å². The SMILES string of the molecule is CC1=N[C@@H](c2ccccc2)C[C@@](F)(C(C)(C)C)O1. The van der Waals surface area contributed by atoms with Crippen molar-refractivity contribution in [3.63, 3.8) is 0 Å². The van der Waals surface area contributed by atoms with E-state index in [2.05, 4.69) is 4.99 Å². The molecule has 1 aromatic rings. The summed E-state index contributed by atoms with van der Waals surface area (Å²) in [5, 5.41) is 0. The predicted octanol–water partition coefficient (Wildman–Crippen LogP) is 4.28. The molecule has 0 amide bonds. The lowest BCUT2D eigenvalue weighted by Crippen LogP contribution is -2.45. The van der Waals surface area contributed by atoms with Crippen molar-refractivity contribution in [1.29, 1.82) is 0 Å². The summed E-state index contributed by atoms with van der Waals surface area (Å²) in [5.74, 6) is -1.24. The van der Waals surface area contributed by atoms with E-state index in [-0.39, 0.29) is 12.5 Å². The highest BCUT2D eigenvalue weighted by Gasteiger charge is 2.49. The van der Waals surface area contributed by atoms with Crippen LogP contribution in [-0.4, -0.2) is 11.8 Å². The summed E-state index contributed by atoms with van der Waals surface area (Å²) in [6.45, 7) is 7.28. The predicted molar refractivity (Wildman–Crippen MR) is 71.3 cm³/mol. The summed E-state index contributed by atoms with van der Waals surface area (Å²) in [5.41, 5.74) is 0.462. The number of aliphatic imine (C=N–C) groups is 1. The molecule has 2 atom stereocenters. The van der Waals surface area contributed by atoms with Crippen molar-refractivity contribution in [2.24, 2.45) is 10.4 Å². The van der Waals surface area contributed by atoms with Gasteiger partial charge in [0, 0.05) is 18.8 Å². The van der Waals surface area contributed by atoms with E-state index < -0.39 is 11.3 Å². The first kappa shape index (κ1) is 13.1. The van der Waals surface area contributed by atoms with Gasteiger partial charge in [0.05, 0.1) is 6.04 Å². The van der Waals surface area contributed by atoms with E-state index in [1.54, 1.807) is 6.92 Å². The highest BCUT2D eigenvalue weighted by molar-refractivity contribution is 5.74. The maximum atomic E-state index is 15.0. The van der Waals surface area contributed by atoms with Crippen molar-refractivity contribution in [3.8, 4) is 0 Å². The van der Waals surface area contributed by atoms with E-state index in [4.69, 9.17) is 4.74 Å². The summed E-state index contributed by atoms with van der Waals surface area (Å²) < 4.78 is 20.3. The molecule has 1 aliphatic heterocycles. The van der Waals surface area contributed by atoms with Crippen LogP contribution in [0, 0.1) is 5.41 Å². The summed E-state index contributed by atoms with van der Waals surface area (Å²) in [6.07, 6.45) is 0.262. The first-order chi connectivity index (χ1) is 8.32. The molecule has 98 valence electrons. The molecule has 0 spiro atoms. The lowest BCUT2D eigenvalue weighted by atomic mass is 9.81. The summed E-state index contributed by atoms with van der Waals surface area (Å²) in [7, 11) is 0. The van der Waals surface area contributed by atoms with Gasteiger partial charge in [0.15, 0.2) is 5.90 Å². The lowest BCUT2D eigenvalue weighted by Gasteiger charge is -2.41. The van der Waals surface area contributed by atoms with Gasteiger partial charge in [-0.2, -0.15) is 4.39 Å². The summed E-state index contributed by atoms with van der Waals surface area (Å²) in [4.78, 5) is 4.42. The maximum absolute atomic E-state index is 15.0. The fourth-order valence-electron chi connectivity index (χ4n) is 2.14. The number of benzene rings is 1. The fourth-order valence-corrected chi connectivity index (χ4v) is 2.14. The second-order valence-corrected chi connectivity index (χ2v) is 5.86. The molecule has 1 heterocycles. The van der Waals surface area contributed by atoms with Crippen molar-refractivity contribution in [2.45, 2.75) is 46.0 Å². The van der Waals surface area contributed by atoms with E-state index in [9.17, 15) is 4.39 Å². The van der Waals surface area contributed by atoms with Crippen molar-refractivity contribution < 1.29 is 9.13 Å². The van der Waals surface area contributed by atoms with E-state index in [0.29, 0.717) is 5.90 Å². The third-order valence-corrected chi connectivity index (χ3v) is 3.41. The van der Waals surface area contributed by atoms with Gasteiger partial charge in [0.25, 0.3) is 5.85 Å². The van der Waals surface area contributed by atoms with Crippen LogP contribution in [0.5, 0.6) is 0 Å². The Morgan fingerprint density at radius 3 is 2.44 bits per heavy atom. The van der Waals surface area contributed by atoms with Gasteiger partial charge in [-0.3, -0.25) is 0 Å². The van der Waals surface area contributed by atoms with Gasteiger partial charge in [0.1, 0.15) is 0 Å².